The smallest absolute Gasteiger partial charge is 0.147 e. The van der Waals surface area contributed by atoms with Gasteiger partial charge < -0.3 is 5.32 Å². The largest absolute Gasteiger partial charge is 0.372 e. The fraction of sp³-hybridized carbons (Fsp3) is 0.538. The van der Waals surface area contributed by atoms with Crippen LogP contribution in [0.1, 0.15) is 37.6 Å². The minimum Gasteiger partial charge on any atom is -0.372 e. The van der Waals surface area contributed by atoms with Gasteiger partial charge in [0.05, 0.1) is 0 Å². The number of amidine groups is 1. The predicted molar refractivity (Wildman–Crippen MR) is 71.2 cm³/mol. The Balaban J connectivity index is 0.00000106. The Labute approximate surface area is 99.0 Å². The standard InChI is InChI=1S/C11H17N3.C2H6/c1-5-9-6-8(2)7-14-10(9)11(12-3)13-4;1-2/h6-7H,5H2,1-4H3,(H,12,13);1-2H3. The Morgan fingerprint density at radius 3 is 2.50 bits per heavy atom. The van der Waals surface area contributed by atoms with Crippen LogP contribution in [0.15, 0.2) is 17.3 Å². The van der Waals surface area contributed by atoms with E-state index in [0.29, 0.717) is 0 Å². The highest BCUT2D eigenvalue weighted by Gasteiger charge is 2.07. The first-order valence-corrected chi connectivity index (χ1v) is 5.83. The Hall–Kier alpha value is -1.38. The van der Waals surface area contributed by atoms with Crippen molar-refractivity contribution in [3.05, 3.63) is 29.1 Å². The average Bonchev–Trinajstić information content (AvgIpc) is 2.34. The molecule has 0 aliphatic carbocycles. The van der Waals surface area contributed by atoms with Crippen LogP contribution in [0.5, 0.6) is 0 Å². The van der Waals surface area contributed by atoms with E-state index in [1.165, 1.54) is 11.1 Å². The average molecular weight is 221 g/mol. The molecule has 3 heteroatoms. The summed E-state index contributed by atoms with van der Waals surface area (Å²) in [6.07, 6.45) is 2.85. The second-order valence-corrected chi connectivity index (χ2v) is 3.20. The zero-order valence-electron chi connectivity index (χ0n) is 11.3. The molecule has 0 fully saturated rings. The molecule has 0 spiro atoms. The summed E-state index contributed by atoms with van der Waals surface area (Å²) in [5.41, 5.74) is 3.39. The van der Waals surface area contributed by atoms with E-state index in [0.717, 1.165) is 18.0 Å². The van der Waals surface area contributed by atoms with Gasteiger partial charge in [-0.05, 0) is 24.5 Å². The third-order valence-electron chi connectivity index (χ3n) is 2.17. The summed E-state index contributed by atoms with van der Waals surface area (Å²) in [5, 5.41) is 3.05. The summed E-state index contributed by atoms with van der Waals surface area (Å²) in [7, 11) is 3.64. The molecule has 0 amide bonds. The highest BCUT2D eigenvalue weighted by molar-refractivity contribution is 5.98. The number of nitrogens with zero attached hydrogens (tertiary/aromatic N) is 2. The van der Waals surface area contributed by atoms with Gasteiger partial charge in [0.2, 0.25) is 0 Å². The molecule has 1 heterocycles. The molecule has 0 aromatic carbocycles. The molecule has 1 rings (SSSR count). The van der Waals surface area contributed by atoms with Crippen LogP contribution in [0.2, 0.25) is 0 Å². The normalized spacial score (nSPS) is 10.5. The minimum atomic E-state index is 0.849. The van der Waals surface area contributed by atoms with Gasteiger partial charge in [-0.15, -0.1) is 0 Å². The van der Waals surface area contributed by atoms with Gasteiger partial charge in [0.15, 0.2) is 0 Å². The van der Waals surface area contributed by atoms with Crippen molar-refractivity contribution in [2.24, 2.45) is 4.99 Å². The molecule has 3 nitrogen and oxygen atoms in total. The second kappa shape index (κ2) is 7.85. The van der Waals surface area contributed by atoms with E-state index < -0.39 is 0 Å². The van der Waals surface area contributed by atoms with Crippen LogP contribution in [0, 0.1) is 6.92 Å². The first-order chi connectivity index (χ1) is 7.72. The SMILES string of the molecule is CC.CCc1cc(C)cnc1C(=NC)NC. The van der Waals surface area contributed by atoms with Gasteiger partial charge in [0.25, 0.3) is 0 Å². The lowest BCUT2D eigenvalue weighted by molar-refractivity contribution is 1.04. The molecule has 0 saturated carbocycles. The Bertz CT molecular complexity index is 343. The van der Waals surface area contributed by atoms with Crippen molar-refractivity contribution in [1.82, 2.24) is 10.3 Å². The van der Waals surface area contributed by atoms with Crippen molar-refractivity contribution in [2.75, 3.05) is 14.1 Å². The monoisotopic (exact) mass is 221 g/mol. The lowest BCUT2D eigenvalue weighted by Crippen LogP contribution is -2.22. The number of rotatable bonds is 2. The molecular weight excluding hydrogens is 198 g/mol. The molecule has 1 N–H and O–H groups in total. The maximum Gasteiger partial charge on any atom is 0.147 e. The van der Waals surface area contributed by atoms with Crippen molar-refractivity contribution in [3.63, 3.8) is 0 Å². The lowest BCUT2D eigenvalue weighted by Gasteiger charge is -2.09. The molecule has 0 unspecified atom stereocenters. The van der Waals surface area contributed by atoms with Gasteiger partial charge in [-0.1, -0.05) is 26.8 Å². The molecule has 0 aliphatic rings. The van der Waals surface area contributed by atoms with Gasteiger partial charge in [-0.2, -0.15) is 0 Å². The van der Waals surface area contributed by atoms with E-state index in [4.69, 9.17) is 0 Å². The van der Waals surface area contributed by atoms with Crippen LogP contribution in [0.25, 0.3) is 0 Å². The number of hydrogen-bond acceptors (Lipinski definition) is 2. The van der Waals surface area contributed by atoms with Crippen LogP contribution in [-0.4, -0.2) is 24.9 Å². The number of aliphatic imine (C=N–C) groups is 1. The molecule has 1 aromatic rings. The van der Waals surface area contributed by atoms with Crippen molar-refractivity contribution in [3.8, 4) is 0 Å². The van der Waals surface area contributed by atoms with E-state index in [9.17, 15) is 0 Å². The highest BCUT2D eigenvalue weighted by atomic mass is 15.0. The fourth-order valence-corrected chi connectivity index (χ4v) is 1.45. The zero-order valence-corrected chi connectivity index (χ0v) is 11.3. The third-order valence-corrected chi connectivity index (χ3v) is 2.17. The van der Waals surface area contributed by atoms with Crippen LogP contribution < -0.4 is 5.32 Å². The van der Waals surface area contributed by atoms with Gasteiger partial charge in [0, 0.05) is 20.3 Å². The molecule has 90 valence electrons. The van der Waals surface area contributed by atoms with E-state index in [1.54, 1.807) is 7.05 Å². The zero-order chi connectivity index (χ0) is 12.6. The summed E-state index contributed by atoms with van der Waals surface area (Å²) in [4.78, 5) is 8.56. The number of aromatic nitrogens is 1. The van der Waals surface area contributed by atoms with Crippen LogP contribution in [0.3, 0.4) is 0 Å². The summed E-state index contributed by atoms with van der Waals surface area (Å²) in [5.74, 6) is 0.849. The van der Waals surface area contributed by atoms with Crippen LogP contribution in [0.4, 0.5) is 0 Å². The maximum absolute atomic E-state index is 4.40. The van der Waals surface area contributed by atoms with E-state index in [1.807, 2.05) is 27.1 Å². The van der Waals surface area contributed by atoms with Crippen molar-refractivity contribution in [1.29, 1.82) is 0 Å². The first kappa shape index (κ1) is 14.6. The molecular formula is C13H23N3. The fourth-order valence-electron chi connectivity index (χ4n) is 1.45. The van der Waals surface area contributed by atoms with Crippen molar-refractivity contribution in [2.45, 2.75) is 34.1 Å². The molecule has 0 radical (unpaired) electrons. The Morgan fingerprint density at radius 1 is 1.44 bits per heavy atom. The van der Waals surface area contributed by atoms with Gasteiger partial charge in [0.1, 0.15) is 11.5 Å². The third kappa shape index (κ3) is 3.65. The van der Waals surface area contributed by atoms with Crippen molar-refractivity contribution < 1.29 is 0 Å². The number of nitrogens with one attached hydrogen (secondary N) is 1. The van der Waals surface area contributed by atoms with Gasteiger partial charge in [-0.25, -0.2) is 0 Å². The van der Waals surface area contributed by atoms with Crippen LogP contribution >= 0.6 is 0 Å². The number of pyridine rings is 1. The predicted octanol–water partition coefficient (Wildman–Crippen LogP) is 2.57. The summed E-state index contributed by atoms with van der Waals surface area (Å²) in [6.45, 7) is 8.18. The summed E-state index contributed by atoms with van der Waals surface area (Å²) in [6, 6.07) is 2.16. The topological polar surface area (TPSA) is 37.3 Å². The molecule has 16 heavy (non-hydrogen) atoms. The summed E-state index contributed by atoms with van der Waals surface area (Å²) < 4.78 is 0. The van der Waals surface area contributed by atoms with E-state index in [-0.39, 0.29) is 0 Å². The molecule has 0 aliphatic heterocycles. The first-order valence-electron chi connectivity index (χ1n) is 5.83. The quantitative estimate of drug-likeness (QED) is 0.615. The number of hydrogen-bond donors (Lipinski definition) is 1. The van der Waals surface area contributed by atoms with E-state index in [2.05, 4.69) is 35.2 Å². The van der Waals surface area contributed by atoms with Crippen molar-refractivity contribution >= 4 is 5.84 Å². The van der Waals surface area contributed by atoms with Gasteiger partial charge >= 0.3 is 0 Å². The Morgan fingerprint density at radius 2 is 2.06 bits per heavy atom. The second-order valence-electron chi connectivity index (χ2n) is 3.20. The molecule has 0 atom stereocenters. The lowest BCUT2D eigenvalue weighted by atomic mass is 10.1. The van der Waals surface area contributed by atoms with Gasteiger partial charge in [-0.3, -0.25) is 9.98 Å². The highest BCUT2D eigenvalue weighted by Crippen LogP contribution is 2.09. The van der Waals surface area contributed by atoms with Crippen LogP contribution in [-0.2, 0) is 6.42 Å². The Kier molecular flexibility index (Phi) is 7.18. The summed E-state index contributed by atoms with van der Waals surface area (Å²) >= 11 is 0. The molecule has 0 saturated heterocycles. The van der Waals surface area contributed by atoms with E-state index >= 15 is 0 Å². The molecule has 0 bridgehead atoms. The molecule has 1 aromatic heterocycles. The minimum absolute atomic E-state index is 0.849. The maximum atomic E-state index is 4.40. The number of aryl methyl sites for hydroxylation is 2.